The van der Waals surface area contributed by atoms with Crippen molar-refractivity contribution in [1.82, 2.24) is 9.55 Å². The first kappa shape index (κ1) is 15.5. The molecular weight excluding hydrogens is 310 g/mol. The van der Waals surface area contributed by atoms with Gasteiger partial charge in [0.25, 0.3) is 9.05 Å². The molecule has 0 N–H and O–H groups in total. The molecule has 7 heteroatoms. The fourth-order valence-corrected chi connectivity index (χ4v) is 2.67. The van der Waals surface area contributed by atoms with Crippen LogP contribution in [0, 0.1) is 11.3 Å². The maximum Gasteiger partial charge on any atom is 0.280 e. The Bertz CT molecular complexity index is 787. The summed E-state index contributed by atoms with van der Waals surface area (Å²) in [6.07, 6.45) is 1.44. The lowest BCUT2D eigenvalue weighted by molar-refractivity contribution is 0.606. The van der Waals surface area contributed by atoms with E-state index in [1.54, 1.807) is 16.7 Å². The van der Waals surface area contributed by atoms with E-state index < -0.39 is 9.05 Å². The van der Waals surface area contributed by atoms with Gasteiger partial charge in [-0.15, -0.1) is 0 Å². The van der Waals surface area contributed by atoms with E-state index in [0.717, 1.165) is 5.56 Å². The van der Waals surface area contributed by atoms with Crippen LogP contribution in [0.1, 0.15) is 36.7 Å². The second-order valence-electron chi connectivity index (χ2n) is 4.97. The molecule has 110 valence electrons. The zero-order chi connectivity index (χ0) is 15.6. The van der Waals surface area contributed by atoms with Crippen LogP contribution in [-0.4, -0.2) is 18.0 Å². The van der Waals surface area contributed by atoms with Crippen LogP contribution >= 0.6 is 10.7 Å². The monoisotopic (exact) mass is 323 g/mol. The van der Waals surface area contributed by atoms with E-state index in [9.17, 15) is 8.42 Å². The summed E-state index contributed by atoms with van der Waals surface area (Å²) in [5.74, 6) is 0.717. The van der Waals surface area contributed by atoms with Gasteiger partial charge in [-0.1, -0.05) is 26.0 Å². The average molecular weight is 324 g/mol. The van der Waals surface area contributed by atoms with Gasteiger partial charge in [-0.2, -0.15) is 5.26 Å². The van der Waals surface area contributed by atoms with Gasteiger partial charge in [-0.05, 0) is 17.7 Å². The molecule has 5 nitrogen and oxygen atoms in total. The smallest absolute Gasteiger partial charge is 0.280 e. The molecule has 0 atom stereocenters. The highest BCUT2D eigenvalue weighted by atomic mass is 35.7. The van der Waals surface area contributed by atoms with Gasteiger partial charge >= 0.3 is 0 Å². The fourth-order valence-electron chi connectivity index (χ4n) is 1.99. The Morgan fingerprint density at radius 1 is 1.33 bits per heavy atom. The summed E-state index contributed by atoms with van der Waals surface area (Å²) < 4.78 is 24.6. The molecule has 1 aromatic heterocycles. The Morgan fingerprint density at radius 3 is 2.43 bits per heavy atom. The van der Waals surface area contributed by atoms with E-state index in [0.29, 0.717) is 17.9 Å². The number of halogens is 1. The number of nitriles is 1. The van der Waals surface area contributed by atoms with Crippen molar-refractivity contribution in [2.24, 2.45) is 0 Å². The number of hydrogen-bond donors (Lipinski definition) is 0. The van der Waals surface area contributed by atoms with Crippen molar-refractivity contribution in [3.05, 3.63) is 47.4 Å². The van der Waals surface area contributed by atoms with Crippen LogP contribution in [0.3, 0.4) is 0 Å². The molecule has 0 fully saturated rings. The predicted molar refractivity (Wildman–Crippen MR) is 79.6 cm³/mol. The number of aromatic nitrogens is 2. The number of nitrogens with zero attached hydrogens (tertiary/aromatic N) is 3. The van der Waals surface area contributed by atoms with Crippen molar-refractivity contribution in [2.45, 2.75) is 31.3 Å². The molecule has 0 bridgehead atoms. The Labute approximate surface area is 128 Å². The van der Waals surface area contributed by atoms with Gasteiger partial charge in [-0.25, -0.2) is 13.4 Å². The molecule has 0 saturated carbocycles. The first-order chi connectivity index (χ1) is 9.81. The molecule has 0 unspecified atom stereocenters. The minimum absolute atomic E-state index is 0.0653. The summed E-state index contributed by atoms with van der Waals surface area (Å²) in [5, 5.41) is 8.64. The zero-order valence-electron chi connectivity index (χ0n) is 11.6. The van der Waals surface area contributed by atoms with Gasteiger partial charge in [0.2, 0.25) is 0 Å². The maximum atomic E-state index is 11.4. The van der Waals surface area contributed by atoms with Crippen LogP contribution < -0.4 is 0 Å². The van der Waals surface area contributed by atoms with Gasteiger partial charge in [0.1, 0.15) is 5.82 Å². The molecule has 2 aromatic rings. The maximum absolute atomic E-state index is 11.4. The quantitative estimate of drug-likeness (QED) is 0.811. The average Bonchev–Trinajstić information content (AvgIpc) is 2.84. The SMILES string of the molecule is CC(C)c1nc(S(=O)(=O)Cl)cn1Cc1ccc(C#N)cc1. The van der Waals surface area contributed by atoms with E-state index in [-0.39, 0.29) is 10.9 Å². The first-order valence-electron chi connectivity index (χ1n) is 6.32. The van der Waals surface area contributed by atoms with Gasteiger partial charge < -0.3 is 4.57 Å². The molecular formula is C14H14ClN3O2S. The largest absolute Gasteiger partial charge is 0.329 e. The number of imidazole rings is 1. The third kappa shape index (κ3) is 3.63. The lowest BCUT2D eigenvalue weighted by Gasteiger charge is -2.10. The van der Waals surface area contributed by atoms with E-state index >= 15 is 0 Å². The number of rotatable bonds is 4. The van der Waals surface area contributed by atoms with Crippen LogP contribution in [0.2, 0.25) is 0 Å². The highest BCUT2D eigenvalue weighted by Gasteiger charge is 2.19. The van der Waals surface area contributed by atoms with Gasteiger partial charge in [0.15, 0.2) is 5.03 Å². The van der Waals surface area contributed by atoms with Crippen molar-refractivity contribution in [3.8, 4) is 6.07 Å². The highest BCUT2D eigenvalue weighted by molar-refractivity contribution is 8.13. The second kappa shape index (κ2) is 5.88. The van der Waals surface area contributed by atoms with E-state index in [4.69, 9.17) is 15.9 Å². The van der Waals surface area contributed by atoms with Crippen molar-refractivity contribution < 1.29 is 8.42 Å². The predicted octanol–water partition coefficient (Wildman–Crippen LogP) is 2.85. The van der Waals surface area contributed by atoms with Crippen LogP contribution in [0.5, 0.6) is 0 Å². The van der Waals surface area contributed by atoms with Crippen LogP contribution in [0.4, 0.5) is 0 Å². The Balaban J connectivity index is 2.38. The molecule has 2 rings (SSSR count). The summed E-state index contributed by atoms with van der Waals surface area (Å²) in [6.45, 7) is 4.34. The van der Waals surface area contributed by atoms with E-state index in [1.165, 1.54) is 6.20 Å². The van der Waals surface area contributed by atoms with Crippen LogP contribution in [0.25, 0.3) is 0 Å². The Kier molecular flexibility index (Phi) is 4.35. The summed E-state index contributed by atoms with van der Waals surface area (Å²) in [4.78, 5) is 4.10. The first-order valence-corrected chi connectivity index (χ1v) is 8.63. The summed E-state index contributed by atoms with van der Waals surface area (Å²) in [5.41, 5.74) is 1.53. The van der Waals surface area contributed by atoms with E-state index in [2.05, 4.69) is 11.1 Å². The van der Waals surface area contributed by atoms with Gasteiger partial charge in [0.05, 0.1) is 11.6 Å². The third-order valence-electron chi connectivity index (χ3n) is 2.99. The molecule has 1 heterocycles. The van der Waals surface area contributed by atoms with Crippen molar-refractivity contribution >= 4 is 19.7 Å². The summed E-state index contributed by atoms with van der Waals surface area (Å²) in [7, 11) is 1.51. The fraction of sp³-hybridized carbons (Fsp3) is 0.286. The third-order valence-corrected chi connectivity index (χ3v) is 4.16. The topological polar surface area (TPSA) is 75.8 Å². The molecule has 1 aromatic carbocycles. The molecule has 0 saturated heterocycles. The highest BCUT2D eigenvalue weighted by Crippen LogP contribution is 2.21. The van der Waals surface area contributed by atoms with Gasteiger partial charge in [0, 0.05) is 29.3 Å². The Hall–Kier alpha value is -1.84. The van der Waals surface area contributed by atoms with E-state index in [1.807, 2.05) is 26.0 Å². The molecule has 0 aliphatic heterocycles. The van der Waals surface area contributed by atoms with Crippen LogP contribution in [-0.2, 0) is 15.6 Å². The normalized spacial score (nSPS) is 11.6. The molecule has 0 aliphatic carbocycles. The Morgan fingerprint density at radius 2 is 1.95 bits per heavy atom. The molecule has 0 spiro atoms. The lowest BCUT2D eigenvalue weighted by atomic mass is 10.1. The molecule has 21 heavy (non-hydrogen) atoms. The standard InChI is InChI=1S/C14H14ClN3O2S/c1-10(2)14-17-13(21(15,19)20)9-18(14)8-12-5-3-11(7-16)4-6-12/h3-6,9-10H,8H2,1-2H3. The molecule has 0 radical (unpaired) electrons. The minimum atomic E-state index is -3.84. The summed E-state index contributed by atoms with van der Waals surface area (Å²) >= 11 is 0. The van der Waals surface area contributed by atoms with Gasteiger partial charge in [-0.3, -0.25) is 0 Å². The number of benzene rings is 1. The van der Waals surface area contributed by atoms with Crippen molar-refractivity contribution in [3.63, 3.8) is 0 Å². The van der Waals surface area contributed by atoms with Crippen molar-refractivity contribution in [1.29, 1.82) is 5.26 Å². The minimum Gasteiger partial charge on any atom is -0.329 e. The molecule has 0 amide bonds. The second-order valence-corrected chi connectivity index (χ2v) is 7.48. The molecule has 0 aliphatic rings. The van der Waals surface area contributed by atoms with Crippen LogP contribution in [0.15, 0.2) is 35.5 Å². The van der Waals surface area contributed by atoms with Crippen molar-refractivity contribution in [2.75, 3.05) is 0 Å². The zero-order valence-corrected chi connectivity index (χ0v) is 13.2. The summed E-state index contributed by atoms with van der Waals surface area (Å²) in [6, 6.07) is 9.16. The number of hydrogen-bond acceptors (Lipinski definition) is 4. The lowest BCUT2D eigenvalue weighted by Crippen LogP contribution is -2.05.